The van der Waals surface area contributed by atoms with E-state index in [2.05, 4.69) is 34.7 Å². The number of aromatic nitrogens is 4. The fourth-order valence-corrected chi connectivity index (χ4v) is 1.85. The standard InChI is InChI=1S/C14H21N5O/c1-4-14(3,9-20)8-15-12-6-5-11(2)13(7-12)19-10-16-17-18-19/h5-7,10,15,20H,4,8-9H2,1-3H3. The number of nitrogens with zero attached hydrogens (tertiary/aromatic N) is 4. The minimum Gasteiger partial charge on any atom is -0.396 e. The Balaban J connectivity index is 2.16. The van der Waals surface area contributed by atoms with Crippen molar-refractivity contribution in [1.82, 2.24) is 20.2 Å². The number of hydrogen-bond acceptors (Lipinski definition) is 5. The Morgan fingerprint density at radius 3 is 2.80 bits per heavy atom. The van der Waals surface area contributed by atoms with Crippen LogP contribution in [0.1, 0.15) is 25.8 Å². The Labute approximate surface area is 118 Å². The minimum atomic E-state index is -0.111. The molecule has 0 fully saturated rings. The van der Waals surface area contributed by atoms with Crippen molar-refractivity contribution >= 4 is 5.69 Å². The molecule has 6 nitrogen and oxygen atoms in total. The molecule has 2 rings (SSSR count). The van der Waals surface area contributed by atoms with Gasteiger partial charge in [-0.3, -0.25) is 0 Å². The van der Waals surface area contributed by atoms with Crippen molar-refractivity contribution in [2.75, 3.05) is 18.5 Å². The predicted octanol–water partition coefficient (Wildman–Crippen LogP) is 1.79. The lowest BCUT2D eigenvalue weighted by atomic mass is 9.88. The Morgan fingerprint density at radius 1 is 1.40 bits per heavy atom. The van der Waals surface area contributed by atoms with Crippen molar-refractivity contribution in [1.29, 1.82) is 0 Å². The maximum Gasteiger partial charge on any atom is 0.143 e. The maximum atomic E-state index is 9.44. The van der Waals surface area contributed by atoms with E-state index in [1.165, 1.54) is 0 Å². The molecule has 0 radical (unpaired) electrons. The fourth-order valence-electron chi connectivity index (χ4n) is 1.85. The van der Waals surface area contributed by atoms with E-state index in [0.29, 0.717) is 0 Å². The van der Waals surface area contributed by atoms with Gasteiger partial charge in [0.25, 0.3) is 0 Å². The molecule has 0 amide bonds. The van der Waals surface area contributed by atoms with Crippen LogP contribution in [0.4, 0.5) is 5.69 Å². The molecule has 2 N–H and O–H groups in total. The van der Waals surface area contributed by atoms with Crippen LogP contribution >= 0.6 is 0 Å². The van der Waals surface area contributed by atoms with Gasteiger partial charge in [-0.2, -0.15) is 0 Å². The van der Waals surface area contributed by atoms with Crippen LogP contribution in [-0.2, 0) is 0 Å². The summed E-state index contributed by atoms with van der Waals surface area (Å²) in [6.07, 6.45) is 2.50. The molecule has 1 aromatic heterocycles. The monoisotopic (exact) mass is 275 g/mol. The second-order valence-corrected chi connectivity index (χ2v) is 5.43. The van der Waals surface area contributed by atoms with Gasteiger partial charge in [-0.15, -0.1) is 5.10 Å². The SMILES string of the molecule is CCC(C)(CO)CNc1ccc(C)c(-n2cnnn2)c1. The molecule has 1 aromatic carbocycles. The molecule has 0 saturated heterocycles. The topological polar surface area (TPSA) is 75.9 Å². The first kappa shape index (κ1) is 14.5. The van der Waals surface area contributed by atoms with Crippen LogP contribution in [-0.4, -0.2) is 38.5 Å². The molecule has 0 saturated carbocycles. The van der Waals surface area contributed by atoms with Gasteiger partial charge in [-0.25, -0.2) is 4.68 Å². The van der Waals surface area contributed by atoms with Crippen LogP contribution in [0.25, 0.3) is 5.69 Å². The quantitative estimate of drug-likeness (QED) is 0.840. The van der Waals surface area contributed by atoms with Gasteiger partial charge in [-0.05, 0) is 41.5 Å². The zero-order valence-electron chi connectivity index (χ0n) is 12.2. The lowest BCUT2D eigenvalue weighted by Gasteiger charge is -2.26. The lowest BCUT2D eigenvalue weighted by Crippen LogP contribution is -2.29. The Morgan fingerprint density at radius 2 is 2.20 bits per heavy atom. The summed E-state index contributed by atoms with van der Waals surface area (Å²) in [7, 11) is 0. The van der Waals surface area contributed by atoms with E-state index in [0.717, 1.165) is 29.9 Å². The lowest BCUT2D eigenvalue weighted by molar-refractivity contribution is 0.149. The van der Waals surface area contributed by atoms with Crippen molar-refractivity contribution in [2.24, 2.45) is 5.41 Å². The highest BCUT2D eigenvalue weighted by Gasteiger charge is 2.20. The number of benzene rings is 1. The fraction of sp³-hybridized carbons (Fsp3) is 0.500. The number of aliphatic hydroxyl groups is 1. The third-order valence-electron chi connectivity index (χ3n) is 3.76. The summed E-state index contributed by atoms with van der Waals surface area (Å²) in [6, 6.07) is 6.07. The van der Waals surface area contributed by atoms with Gasteiger partial charge in [0.1, 0.15) is 6.33 Å². The first-order valence-corrected chi connectivity index (χ1v) is 6.77. The average molecular weight is 275 g/mol. The van der Waals surface area contributed by atoms with E-state index in [9.17, 15) is 5.11 Å². The number of aryl methyl sites for hydroxylation is 1. The normalized spacial score (nSPS) is 14.0. The first-order valence-electron chi connectivity index (χ1n) is 6.77. The number of tetrazole rings is 1. The smallest absolute Gasteiger partial charge is 0.143 e. The molecule has 20 heavy (non-hydrogen) atoms. The second-order valence-electron chi connectivity index (χ2n) is 5.43. The Hall–Kier alpha value is -1.95. The van der Waals surface area contributed by atoms with E-state index in [1.807, 2.05) is 25.1 Å². The van der Waals surface area contributed by atoms with Crippen LogP contribution in [0.5, 0.6) is 0 Å². The number of hydrogen-bond donors (Lipinski definition) is 2. The molecule has 2 aromatic rings. The van der Waals surface area contributed by atoms with Gasteiger partial charge < -0.3 is 10.4 Å². The van der Waals surface area contributed by atoms with E-state index in [4.69, 9.17) is 0 Å². The summed E-state index contributed by atoms with van der Waals surface area (Å²) >= 11 is 0. The highest BCUT2D eigenvalue weighted by atomic mass is 16.3. The highest BCUT2D eigenvalue weighted by Crippen LogP contribution is 2.23. The van der Waals surface area contributed by atoms with Crippen molar-refractivity contribution < 1.29 is 5.11 Å². The molecule has 1 heterocycles. The summed E-state index contributed by atoms with van der Waals surface area (Å²) in [5.74, 6) is 0. The summed E-state index contributed by atoms with van der Waals surface area (Å²) in [5, 5.41) is 24.1. The molecule has 0 spiro atoms. The van der Waals surface area contributed by atoms with Gasteiger partial charge in [0.15, 0.2) is 0 Å². The third kappa shape index (κ3) is 3.14. The molecule has 6 heteroatoms. The first-order chi connectivity index (χ1) is 9.58. The molecular formula is C14H21N5O. The van der Waals surface area contributed by atoms with Crippen LogP contribution in [0.15, 0.2) is 24.5 Å². The molecule has 1 atom stereocenters. The molecule has 0 aliphatic rings. The molecule has 0 aliphatic heterocycles. The average Bonchev–Trinajstić information content (AvgIpc) is 3.00. The van der Waals surface area contributed by atoms with Gasteiger partial charge in [0, 0.05) is 17.6 Å². The van der Waals surface area contributed by atoms with Gasteiger partial charge in [0.2, 0.25) is 0 Å². The molecule has 0 aliphatic carbocycles. The second kappa shape index (κ2) is 6.00. The Bertz CT molecular complexity index is 549. The molecule has 1 unspecified atom stereocenters. The summed E-state index contributed by atoms with van der Waals surface area (Å²) in [4.78, 5) is 0. The third-order valence-corrected chi connectivity index (χ3v) is 3.76. The number of rotatable bonds is 6. The van der Waals surface area contributed by atoms with E-state index >= 15 is 0 Å². The van der Waals surface area contributed by atoms with Crippen LogP contribution in [0.2, 0.25) is 0 Å². The highest BCUT2D eigenvalue weighted by molar-refractivity contribution is 5.54. The van der Waals surface area contributed by atoms with Crippen LogP contribution in [0.3, 0.4) is 0 Å². The summed E-state index contributed by atoms with van der Waals surface area (Å²) in [6.45, 7) is 7.06. The van der Waals surface area contributed by atoms with Crippen molar-refractivity contribution in [2.45, 2.75) is 27.2 Å². The van der Waals surface area contributed by atoms with Crippen LogP contribution in [0, 0.1) is 12.3 Å². The number of aliphatic hydroxyl groups excluding tert-OH is 1. The minimum absolute atomic E-state index is 0.111. The molecular weight excluding hydrogens is 254 g/mol. The van der Waals surface area contributed by atoms with E-state index in [1.54, 1.807) is 11.0 Å². The number of nitrogens with one attached hydrogen (secondary N) is 1. The zero-order chi connectivity index (χ0) is 14.6. The van der Waals surface area contributed by atoms with E-state index in [-0.39, 0.29) is 12.0 Å². The summed E-state index contributed by atoms with van der Waals surface area (Å²) < 4.78 is 1.64. The van der Waals surface area contributed by atoms with Crippen molar-refractivity contribution in [3.05, 3.63) is 30.1 Å². The summed E-state index contributed by atoms with van der Waals surface area (Å²) in [5.41, 5.74) is 2.93. The Kier molecular flexibility index (Phi) is 4.34. The molecule has 0 bridgehead atoms. The van der Waals surface area contributed by atoms with Gasteiger partial charge in [-0.1, -0.05) is 19.9 Å². The van der Waals surface area contributed by atoms with Crippen molar-refractivity contribution in [3.63, 3.8) is 0 Å². The largest absolute Gasteiger partial charge is 0.396 e. The van der Waals surface area contributed by atoms with Gasteiger partial charge >= 0.3 is 0 Å². The maximum absolute atomic E-state index is 9.44. The van der Waals surface area contributed by atoms with E-state index < -0.39 is 0 Å². The predicted molar refractivity (Wildman–Crippen MR) is 77.9 cm³/mol. The van der Waals surface area contributed by atoms with Crippen molar-refractivity contribution in [3.8, 4) is 5.69 Å². The van der Waals surface area contributed by atoms with Gasteiger partial charge in [0.05, 0.1) is 12.3 Å². The zero-order valence-corrected chi connectivity index (χ0v) is 12.2. The molecule has 108 valence electrons. The number of anilines is 1. The van der Waals surface area contributed by atoms with Crippen LogP contribution < -0.4 is 5.32 Å².